The maximum Gasteiger partial charge on any atom is 0.160 e. The topological polar surface area (TPSA) is 0 Å². The Balaban J connectivity index is 2.99. The summed E-state index contributed by atoms with van der Waals surface area (Å²) >= 11 is 12.0. The Morgan fingerprint density at radius 2 is 1.81 bits per heavy atom. The summed E-state index contributed by atoms with van der Waals surface area (Å²) < 4.78 is 25.9. The standard InChI is InChI=1S/C12H14Cl2F2/c1-3-4-7(2)12(14)8-5-10(15)11(16)6-9(8)13/h5-7,12H,3-4H2,1-2H3. The molecule has 2 atom stereocenters. The quantitative estimate of drug-likeness (QED) is 0.510. The Morgan fingerprint density at radius 3 is 2.38 bits per heavy atom. The van der Waals surface area contributed by atoms with Gasteiger partial charge < -0.3 is 0 Å². The smallest absolute Gasteiger partial charge is 0.160 e. The molecule has 1 rings (SSSR count). The van der Waals surface area contributed by atoms with Gasteiger partial charge in [-0.2, -0.15) is 0 Å². The Hall–Kier alpha value is -0.340. The Morgan fingerprint density at radius 1 is 1.25 bits per heavy atom. The molecule has 1 aromatic rings. The van der Waals surface area contributed by atoms with E-state index in [0.29, 0.717) is 5.56 Å². The van der Waals surface area contributed by atoms with Crippen LogP contribution in [0.15, 0.2) is 12.1 Å². The van der Waals surface area contributed by atoms with E-state index >= 15 is 0 Å². The van der Waals surface area contributed by atoms with Gasteiger partial charge in [0.15, 0.2) is 11.6 Å². The van der Waals surface area contributed by atoms with Crippen LogP contribution in [0.1, 0.15) is 37.6 Å². The maximum atomic E-state index is 13.1. The van der Waals surface area contributed by atoms with Crippen LogP contribution < -0.4 is 0 Å². The van der Waals surface area contributed by atoms with Crippen LogP contribution in [0.25, 0.3) is 0 Å². The first kappa shape index (κ1) is 13.7. The van der Waals surface area contributed by atoms with Crippen molar-refractivity contribution in [3.8, 4) is 0 Å². The summed E-state index contributed by atoms with van der Waals surface area (Å²) in [7, 11) is 0. The number of benzene rings is 1. The number of rotatable bonds is 4. The third-order valence-electron chi connectivity index (χ3n) is 2.58. The minimum absolute atomic E-state index is 0.175. The fourth-order valence-corrected chi connectivity index (χ4v) is 2.29. The molecule has 0 saturated carbocycles. The summed E-state index contributed by atoms with van der Waals surface area (Å²) in [5.74, 6) is -1.68. The van der Waals surface area contributed by atoms with Gasteiger partial charge in [0.1, 0.15) is 0 Å². The van der Waals surface area contributed by atoms with Crippen molar-refractivity contribution in [1.82, 2.24) is 0 Å². The second-order valence-electron chi connectivity index (χ2n) is 3.96. The summed E-state index contributed by atoms with van der Waals surface area (Å²) in [6, 6.07) is 2.06. The molecule has 0 aliphatic rings. The van der Waals surface area contributed by atoms with Crippen LogP contribution in [0.3, 0.4) is 0 Å². The maximum absolute atomic E-state index is 13.1. The van der Waals surface area contributed by atoms with Crippen molar-refractivity contribution in [2.75, 3.05) is 0 Å². The summed E-state index contributed by atoms with van der Waals surface area (Å²) in [6.07, 6.45) is 1.91. The highest BCUT2D eigenvalue weighted by molar-refractivity contribution is 6.32. The van der Waals surface area contributed by atoms with Crippen molar-refractivity contribution in [1.29, 1.82) is 0 Å². The summed E-state index contributed by atoms with van der Waals surface area (Å²) in [6.45, 7) is 4.02. The molecule has 0 saturated heterocycles. The third kappa shape index (κ3) is 3.08. The zero-order valence-electron chi connectivity index (χ0n) is 9.24. The number of hydrogen-bond acceptors (Lipinski definition) is 0. The van der Waals surface area contributed by atoms with Crippen LogP contribution >= 0.6 is 23.2 Å². The lowest BCUT2D eigenvalue weighted by Gasteiger charge is -2.19. The van der Waals surface area contributed by atoms with Crippen molar-refractivity contribution in [2.24, 2.45) is 5.92 Å². The number of alkyl halides is 1. The molecule has 0 amide bonds. The zero-order chi connectivity index (χ0) is 12.3. The monoisotopic (exact) mass is 266 g/mol. The lowest BCUT2D eigenvalue weighted by Crippen LogP contribution is -2.05. The predicted molar refractivity (Wildman–Crippen MR) is 64.0 cm³/mol. The molecule has 90 valence electrons. The van der Waals surface area contributed by atoms with Crippen LogP contribution in [-0.2, 0) is 0 Å². The van der Waals surface area contributed by atoms with Crippen LogP contribution in [0.5, 0.6) is 0 Å². The van der Waals surface area contributed by atoms with Crippen molar-refractivity contribution >= 4 is 23.2 Å². The van der Waals surface area contributed by atoms with E-state index < -0.39 is 11.6 Å². The summed E-state index contributed by atoms with van der Waals surface area (Å²) in [5.41, 5.74) is 0.461. The highest BCUT2D eigenvalue weighted by Crippen LogP contribution is 2.36. The van der Waals surface area contributed by atoms with Gasteiger partial charge in [0, 0.05) is 5.02 Å². The highest BCUT2D eigenvalue weighted by Gasteiger charge is 2.20. The summed E-state index contributed by atoms with van der Waals surface area (Å²) in [4.78, 5) is 0. The second kappa shape index (κ2) is 5.83. The minimum atomic E-state index is -0.944. The van der Waals surface area contributed by atoms with Gasteiger partial charge in [-0.05, 0) is 30.0 Å². The van der Waals surface area contributed by atoms with Crippen LogP contribution in [0.4, 0.5) is 8.78 Å². The van der Waals surface area contributed by atoms with E-state index in [1.807, 2.05) is 13.8 Å². The average molecular weight is 267 g/mol. The van der Waals surface area contributed by atoms with Crippen molar-refractivity contribution in [3.63, 3.8) is 0 Å². The molecule has 0 aliphatic heterocycles. The van der Waals surface area contributed by atoms with E-state index in [9.17, 15) is 8.78 Å². The van der Waals surface area contributed by atoms with Gasteiger partial charge >= 0.3 is 0 Å². The molecule has 0 fully saturated rings. The first-order valence-corrected chi connectivity index (χ1v) is 6.07. The van der Waals surface area contributed by atoms with Gasteiger partial charge in [0.2, 0.25) is 0 Å². The number of hydrogen-bond donors (Lipinski definition) is 0. The van der Waals surface area contributed by atoms with E-state index in [-0.39, 0.29) is 16.3 Å². The second-order valence-corrected chi connectivity index (χ2v) is 4.83. The van der Waals surface area contributed by atoms with Gasteiger partial charge in [-0.1, -0.05) is 31.9 Å². The van der Waals surface area contributed by atoms with Gasteiger partial charge in [-0.25, -0.2) is 8.78 Å². The Labute approximate surface area is 105 Å². The fourth-order valence-electron chi connectivity index (χ4n) is 1.66. The molecular weight excluding hydrogens is 253 g/mol. The van der Waals surface area contributed by atoms with E-state index in [2.05, 4.69) is 0 Å². The third-order valence-corrected chi connectivity index (χ3v) is 3.57. The molecule has 2 unspecified atom stereocenters. The molecule has 0 heterocycles. The van der Waals surface area contributed by atoms with Gasteiger partial charge in [-0.3, -0.25) is 0 Å². The fraction of sp³-hybridized carbons (Fsp3) is 0.500. The van der Waals surface area contributed by atoms with Crippen LogP contribution in [0.2, 0.25) is 5.02 Å². The minimum Gasteiger partial charge on any atom is -0.204 e. The van der Waals surface area contributed by atoms with Crippen molar-refractivity contribution < 1.29 is 8.78 Å². The highest BCUT2D eigenvalue weighted by atomic mass is 35.5. The van der Waals surface area contributed by atoms with Crippen LogP contribution in [-0.4, -0.2) is 0 Å². The Bertz CT molecular complexity index is 366. The van der Waals surface area contributed by atoms with Crippen molar-refractivity contribution in [2.45, 2.75) is 32.1 Å². The van der Waals surface area contributed by atoms with E-state index in [1.165, 1.54) is 0 Å². The normalized spacial score (nSPS) is 14.9. The molecule has 16 heavy (non-hydrogen) atoms. The molecule has 0 aromatic heterocycles. The first-order chi connectivity index (χ1) is 7.47. The van der Waals surface area contributed by atoms with E-state index in [4.69, 9.17) is 23.2 Å². The Kier molecular flexibility index (Phi) is 5.00. The molecule has 1 aromatic carbocycles. The zero-order valence-corrected chi connectivity index (χ0v) is 10.7. The lowest BCUT2D eigenvalue weighted by atomic mass is 9.96. The van der Waals surface area contributed by atoms with E-state index in [1.54, 1.807) is 0 Å². The average Bonchev–Trinajstić information content (AvgIpc) is 2.23. The molecule has 0 radical (unpaired) electrons. The van der Waals surface area contributed by atoms with Crippen molar-refractivity contribution in [3.05, 3.63) is 34.4 Å². The first-order valence-electron chi connectivity index (χ1n) is 5.25. The molecule has 0 nitrogen and oxygen atoms in total. The molecule has 0 aliphatic carbocycles. The summed E-state index contributed by atoms with van der Waals surface area (Å²) in [5, 5.41) is -0.204. The largest absolute Gasteiger partial charge is 0.204 e. The van der Waals surface area contributed by atoms with Gasteiger partial charge in [0.25, 0.3) is 0 Å². The lowest BCUT2D eigenvalue weighted by molar-refractivity contribution is 0.490. The predicted octanol–water partition coefficient (Wildman–Crippen LogP) is 5.33. The van der Waals surface area contributed by atoms with Gasteiger partial charge in [-0.15, -0.1) is 11.6 Å². The van der Waals surface area contributed by atoms with Crippen LogP contribution in [0, 0.1) is 17.6 Å². The molecule has 0 bridgehead atoms. The molecule has 0 spiro atoms. The molecule has 0 N–H and O–H groups in total. The molecular formula is C12H14Cl2F2. The SMILES string of the molecule is CCCC(C)C(Cl)c1cc(F)c(F)cc1Cl. The number of halogens is 4. The van der Waals surface area contributed by atoms with E-state index in [0.717, 1.165) is 25.0 Å². The van der Waals surface area contributed by atoms with Gasteiger partial charge in [0.05, 0.1) is 5.38 Å². The molecule has 4 heteroatoms.